The Morgan fingerprint density at radius 2 is 2.12 bits per heavy atom. The zero-order valence-electron chi connectivity index (χ0n) is 13.7. The molecule has 2 heterocycles. The molecular weight excluding hydrogens is 346 g/mol. The van der Waals surface area contributed by atoms with Gasteiger partial charge in [0.1, 0.15) is 0 Å². The number of amides is 1. The second-order valence-corrected chi connectivity index (χ2v) is 7.50. The van der Waals surface area contributed by atoms with E-state index in [-0.39, 0.29) is 30.4 Å². The highest BCUT2D eigenvalue weighted by atomic mass is 32.2. The third-order valence-electron chi connectivity index (χ3n) is 4.05. The van der Waals surface area contributed by atoms with Crippen LogP contribution in [0.2, 0.25) is 0 Å². The van der Waals surface area contributed by atoms with Gasteiger partial charge in [-0.1, -0.05) is 0 Å². The average molecular weight is 365 g/mol. The highest BCUT2D eigenvalue weighted by Crippen LogP contribution is 2.25. The molecule has 1 aliphatic rings. The zero-order chi connectivity index (χ0) is 17.9. The molecule has 2 aromatic rings. The predicted molar refractivity (Wildman–Crippen MR) is 89.1 cm³/mol. The number of ether oxygens (including phenoxy) is 1. The van der Waals surface area contributed by atoms with Crippen LogP contribution >= 0.6 is 0 Å². The summed E-state index contributed by atoms with van der Waals surface area (Å²) >= 11 is 0. The molecule has 0 bridgehead atoms. The largest absolute Gasteiger partial charge is 0.444 e. The Balaban J connectivity index is 1.85. The first-order chi connectivity index (χ1) is 12.0. The van der Waals surface area contributed by atoms with E-state index < -0.39 is 16.1 Å². The minimum atomic E-state index is -3.72. The van der Waals surface area contributed by atoms with E-state index in [4.69, 9.17) is 9.15 Å². The number of hydrogen-bond acceptors (Lipinski definition) is 6. The van der Waals surface area contributed by atoms with Gasteiger partial charge in [-0.15, -0.1) is 0 Å². The number of morpholine rings is 1. The van der Waals surface area contributed by atoms with Gasteiger partial charge in [-0.25, -0.2) is 13.4 Å². The summed E-state index contributed by atoms with van der Waals surface area (Å²) in [5, 5.41) is 2.51. The molecule has 1 saturated heterocycles. The van der Waals surface area contributed by atoms with Gasteiger partial charge >= 0.3 is 0 Å². The second-order valence-electron chi connectivity index (χ2n) is 5.61. The number of rotatable bonds is 5. The van der Waals surface area contributed by atoms with E-state index in [1.54, 1.807) is 18.3 Å². The minimum absolute atomic E-state index is 0.0614. The van der Waals surface area contributed by atoms with Crippen molar-refractivity contribution in [2.24, 2.45) is 0 Å². The van der Waals surface area contributed by atoms with E-state index in [0.29, 0.717) is 12.4 Å². The monoisotopic (exact) mass is 365 g/mol. The summed E-state index contributed by atoms with van der Waals surface area (Å²) in [5.41, 5.74) is 0.736. The van der Waals surface area contributed by atoms with E-state index in [9.17, 15) is 13.2 Å². The molecule has 9 heteroatoms. The van der Waals surface area contributed by atoms with Crippen LogP contribution in [0.25, 0.3) is 11.3 Å². The molecule has 1 fully saturated rings. The highest BCUT2D eigenvalue weighted by Gasteiger charge is 2.35. The quantitative estimate of drug-likeness (QED) is 0.843. The predicted octanol–water partition coefficient (Wildman–Crippen LogP) is 0.867. The number of oxazole rings is 1. The summed E-state index contributed by atoms with van der Waals surface area (Å²) in [5.74, 6) is 0.337. The lowest BCUT2D eigenvalue weighted by atomic mass is 10.2. The molecule has 134 valence electrons. The number of benzene rings is 1. The number of carbonyl (C=O) groups excluding carboxylic acids is 1. The van der Waals surface area contributed by atoms with Crippen LogP contribution in [-0.2, 0) is 19.6 Å². The van der Waals surface area contributed by atoms with Gasteiger partial charge in [0.15, 0.2) is 12.2 Å². The molecule has 8 nitrogen and oxygen atoms in total. The normalized spacial score (nSPS) is 18.8. The fourth-order valence-corrected chi connectivity index (χ4v) is 4.31. The maximum absolute atomic E-state index is 13.0. The first-order valence-corrected chi connectivity index (χ1v) is 9.25. The minimum Gasteiger partial charge on any atom is -0.444 e. The van der Waals surface area contributed by atoms with Crippen LogP contribution in [0.15, 0.2) is 46.2 Å². The van der Waals surface area contributed by atoms with Crippen LogP contribution in [0.4, 0.5) is 0 Å². The molecule has 1 aromatic heterocycles. The van der Waals surface area contributed by atoms with Crippen LogP contribution in [0.5, 0.6) is 0 Å². The van der Waals surface area contributed by atoms with Crippen LogP contribution in [0, 0.1) is 0 Å². The highest BCUT2D eigenvalue weighted by molar-refractivity contribution is 7.89. The van der Waals surface area contributed by atoms with Gasteiger partial charge in [-0.05, 0) is 24.3 Å². The van der Waals surface area contributed by atoms with E-state index in [1.165, 1.54) is 29.9 Å². The number of sulfonamides is 1. The summed E-state index contributed by atoms with van der Waals surface area (Å²) in [7, 11) is -2.20. The SMILES string of the molecule is CNC(=O)CC1COCCN1S(=O)(=O)c1ccc(-c2cnco2)cc1. The third-order valence-corrected chi connectivity index (χ3v) is 6.02. The van der Waals surface area contributed by atoms with Gasteiger partial charge in [-0.3, -0.25) is 4.79 Å². The van der Waals surface area contributed by atoms with Crippen molar-refractivity contribution in [3.8, 4) is 11.3 Å². The fourth-order valence-electron chi connectivity index (χ4n) is 2.72. The number of nitrogens with one attached hydrogen (secondary N) is 1. The molecular formula is C16H19N3O5S. The van der Waals surface area contributed by atoms with Gasteiger partial charge < -0.3 is 14.5 Å². The molecule has 0 aliphatic carbocycles. The maximum Gasteiger partial charge on any atom is 0.243 e. The van der Waals surface area contributed by atoms with Crippen LogP contribution in [0.1, 0.15) is 6.42 Å². The molecule has 1 aliphatic heterocycles. The summed E-state index contributed by atoms with van der Waals surface area (Å²) < 4.78 is 37.8. The molecule has 0 saturated carbocycles. The lowest BCUT2D eigenvalue weighted by Gasteiger charge is -2.34. The van der Waals surface area contributed by atoms with Gasteiger partial charge in [0, 0.05) is 25.6 Å². The Labute approximate surface area is 145 Å². The van der Waals surface area contributed by atoms with Crippen molar-refractivity contribution in [2.45, 2.75) is 17.4 Å². The first kappa shape index (κ1) is 17.6. The van der Waals surface area contributed by atoms with Crippen molar-refractivity contribution in [1.82, 2.24) is 14.6 Å². The Morgan fingerprint density at radius 1 is 1.36 bits per heavy atom. The lowest BCUT2D eigenvalue weighted by Crippen LogP contribution is -2.50. The molecule has 3 rings (SSSR count). The average Bonchev–Trinajstić information content (AvgIpc) is 3.17. The van der Waals surface area contributed by atoms with Crippen molar-refractivity contribution in [3.05, 3.63) is 36.9 Å². The summed E-state index contributed by atoms with van der Waals surface area (Å²) in [6, 6.07) is 5.87. The Hall–Kier alpha value is -2.23. The Morgan fingerprint density at radius 3 is 2.76 bits per heavy atom. The standard InChI is InChI=1S/C16H19N3O5S/c1-17-16(20)8-13-10-23-7-6-19(13)25(21,22)14-4-2-12(3-5-14)15-9-18-11-24-15/h2-5,9,11,13H,6-8,10H2,1H3,(H,17,20). The zero-order valence-corrected chi connectivity index (χ0v) is 14.5. The number of hydrogen-bond donors (Lipinski definition) is 1. The number of aromatic nitrogens is 1. The summed E-state index contributed by atoms with van der Waals surface area (Å²) in [6.45, 7) is 0.719. The molecule has 0 spiro atoms. The topological polar surface area (TPSA) is 102 Å². The van der Waals surface area contributed by atoms with Gasteiger partial charge in [-0.2, -0.15) is 4.31 Å². The summed E-state index contributed by atoms with van der Waals surface area (Å²) in [4.78, 5) is 15.7. The van der Waals surface area contributed by atoms with Gasteiger partial charge in [0.25, 0.3) is 0 Å². The van der Waals surface area contributed by atoms with E-state index in [0.717, 1.165) is 5.56 Å². The van der Waals surface area contributed by atoms with Crippen molar-refractivity contribution in [1.29, 1.82) is 0 Å². The van der Waals surface area contributed by atoms with Crippen molar-refractivity contribution >= 4 is 15.9 Å². The third kappa shape index (κ3) is 3.73. The molecule has 1 N–H and O–H groups in total. The second kappa shape index (κ2) is 7.34. The number of nitrogens with zero attached hydrogens (tertiary/aromatic N) is 2. The van der Waals surface area contributed by atoms with Crippen LogP contribution in [0.3, 0.4) is 0 Å². The van der Waals surface area contributed by atoms with Crippen molar-refractivity contribution < 1.29 is 22.4 Å². The molecule has 1 unspecified atom stereocenters. The molecule has 1 atom stereocenters. The van der Waals surface area contributed by atoms with E-state index >= 15 is 0 Å². The van der Waals surface area contributed by atoms with E-state index in [1.807, 2.05) is 0 Å². The maximum atomic E-state index is 13.0. The van der Waals surface area contributed by atoms with Crippen molar-refractivity contribution in [2.75, 3.05) is 26.8 Å². The Kier molecular flexibility index (Phi) is 5.16. The van der Waals surface area contributed by atoms with Crippen LogP contribution < -0.4 is 5.32 Å². The van der Waals surface area contributed by atoms with Gasteiger partial charge in [0.2, 0.25) is 15.9 Å². The Bertz CT molecular complexity index is 818. The number of carbonyl (C=O) groups is 1. The van der Waals surface area contributed by atoms with Crippen LogP contribution in [-0.4, -0.2) is 56.5 Å². The first-order valence-electron chi connectivity index (χ1n) is 7.81. The van der Waals surface area contributed by atoms with E-state index in [2.05, 4.69) is 10.3 Å². The lowest BCUT2D eigenvalue weighted by molar-refractivity contribution is -0.122. The molecule has 1 aromatic carbocycles. The molecule has 25 heavy (non-hydrogen) atoms. The van der Waals surface area contributed by atoms with Crippen molar-refractivity contribution in [3.63, 3.8) is 0 Å². The smallest absolute Gasteiger partial charge is 0.243 e. The molecule has 1 amide bonds. The summed E-state index contributed by atoms with van der Waals surface area (Å²) in [6.07, 6.45) is 2.94. The van der Waals surface area contributed by atoms with Gasteiger partial charge in [0.05, 0.1) is 30.3 Å². The fraction of sp³-hybridized carbons (Fsp3) is 0.375. The molecule has 0 radical (unpaired) electrons.